The monoisotopic (exact) mass is 335 g/mol. The molecule has 0 bridgehead atoms. The Kier molecular flexibility index (Phi) is 8.77. The number of rotatable bonds is 2. The molecule has 0 N–H and O–H groups in total. The molecular formula is C24H33N. The minimum absolute atomic E-state index is 0.318. The molecule has 1 heterocycles. The van der Waals surface area contributed by atoms with Crippen molar-refractivity contribution in [3.05, 3.63) is 83.6 Å². The molecule has 0 saturated heterocycles. The van der Waals surface area contributed by atoms with E-state index in [0.717, 1.165) is 0 Å². The van der Waals surface area contributed by atoms with Crippen LogP contribution in [0.15, 0.2) is 72.5 Å². The van der Waals surface area contributed by atoms with Gasteiger partial charge >= 0.3 is 0 Å². The van der Waals surface area contributed by atoms with Gasteiger partial charge < -0.3 is 4.90 Å². The summed E-state index contributed by atoms with van der Waals surface area (Å²) in [5, 5.41) is 0. The van der Waals surface area contributed by atoms with Crippen LogP contribution in [0.5, 0.6) is 0 Å². The first-order chi connectivity index (χ1) is 12.1. The van der Waals surface area contributed by atoms with E-state index in [1.807, 2.05) is 27.7 Å². The molecule has 1 unspecified atom stereocenters. The van der Waals surface area contributed by atoms with Crippen LogP contribution in [-0.4, -0.2) is 11.9 Å². The molecule has 0 aliphatic carbocycles. The van der Waals surface area contributed by atoms with Crippen LogP contribution in [-0.2, 0) is 0 Å². The van der Waals surface area contributed by atoms with Crippen molar-refractivity contribution in [1.82, 2.24) is 4.90 Å². The molecule has 0 amide bonds. The van der Waals surface area contributed by atoms with Gasteiger partial charge in [-0.3, -0.25) is 0 Å². The van der Waals surface area contributed by atoms with E-state index in [-0.39, 0.29) is 0 Å². The summed E-state index contributed by atoms with van der Waals surface area (Å²) in [7, 11) is 2.14. The lowest BCUT2D eigenvalue weighted by molar-refractivity contribution is 0.386. The zero-order valence-corrected chi connectivity index (χ0v) is 16.9. The zero-order valence-electron chi connectivity index (χ0n) is 16.9. The van der Waals surface area contributed by atoms with Crippen molar-refractivity contribution in [3.8, 4) is 11.1 Å². The number of benzene rings is 2. The standard InChI is InChI=1S/C20H21N.2C2H6/c1-15-6-4-7-17(12-15)18-8-5-9-19(13-18)20-11-10-16(2)14-21(20)3;2*1-2/h4-14,20H,1-3H3;2*1-2H3. The molecule has 1 aliphatic rings. The Bertz CT molecular complexity index is 710. The predicted molar refractivity (Wildman–Crippen MR) is 113 cm³/mol. The maximum Gasteiger partial charge on any atom is 0.0721 e. The van der Waals surface area contributed by atoms with Crippen molar-refractivity contribution < 1.29 is 0 Å². The first-order valence-electron chi connectivity index (χ1n) is 9.39. The molecule has 0 radical (unpaired) electrons. The summed E-state index contributed by atoms with van der Waals surface area (Å²) in [5.41, 5.74) is 6.49. The second kappa shape index (κ2) is 10.6. The van der Waals surface area contributed by atoms with Gasteiger partial charge in [0.1, 0.15) is 0 Å². The van der Waals surface area contributed by atoms with Crippen LogP contribution in [0.3, 0.4) is 0 Å². The number of aryl methyl sites for hydroxylation is 1. The third-order valence-corrected chi connectivity index (χ3v) is 3.97. The summed E-state index contributed by atoms with van der Waals surface area (Å²) < 4.78 is 0. The highest BCUT2D eigenvalue weighted by Crippen LogP contribution is 2.29. The number of allylic oxidation sites excluding steroid dienone is 2. The van der Waals surface area contributed by atoms with E-state index in [1.54, 1.807) is 0 Å². The highest BCUT2D eigenvalue weighted by Gasteiger charge is 2.15. The van der Waals surface area contributed by atoms with Gasteiger partial charge in [-0.05, 0) is 42.2 Å². The van der Waals surface area contributed by atoms with Crippen LogP contribution < -0.4 is 0 Å². The average molecular weight is 336 g/mol. The van der Waals surface area contributed by atoms with Crippen molar-refractivity contribution in [2.24, 2.45) is 0 Å². The lowest BCUT2D eigenvalue weighted by atomic mass is 9.96. The smallest absolute Gasteiger partial charge is 0.0721 e. The maximum atomic E-state index is 2.30. The number of hydrogen-bond donors (Lipinski definition) is 0. The van der Waals surface area contributed by atoms with Gasteiger partial charge in [-0.25, -0.2) is 0 Å². The van der Waals surface area contributed by atoms with E-state index in [1.165, 1.54) is 27.8 Å². The van der Waals surface area contributed by atoms with Gasteiger partial charge in [-0.2, -0.15) is 0 Å². The highest BCUT2D eigenvalue weighted by atomic mass is 15.1. The molecule has 2 aromatic carbocycles. The molecule has 25 heavy (non-hydrogen) atoms. The van der Waals surface area contributed by atoms with Crippen LogP contribution in [0.1, 0.15) is 51.8 Å². The Labute approximate surface area is 154 Å². The Morgan fingerprint density at radius 1 is 0.800 bits per heavy atom. The van der Waals surface area contributed by atoms with Crippen molar-refractivity contribution in [3.63, 3.8) is 0 Å². The molecule has 3 rings (SSSR count). The molecular weight excluding hydrogens is 302 g/mol. The van der Waals surface area contributed by atoms with Crippen molar-refractivity contribution in [2.45, 2.75) is 47.6 Å². The Morgan fingerprint density at radius 3 is 2.00 bits per heavy atom. The molecule has 0 aromatic heterocycles. The molecule has 1 nitrogen and oxygen atoms in total. The molecule has 1 heteroatoms. The fourth-order valence-corrected chi connectivity index (χ4v) is 2.90. The first kappa shape index (κ1) is 20.8. The number of likely N-dealkylation sites (N-methyl/N-ethyl adjacent to an activating group) is 1. The van der Waals surface area contributed by atoms with Crippen LogP contribution in [0.2, 0.25) is 0 Å². The lowest BCUT2D eigenvalue weighted by Gasteiger charge is -2.28. The molecule has 134 valence electrons. The fraction of sp³-hybridized carbons (Fsp3) is 0.333. The highest BCUT2D eigenvalue weighted by molar-refractivity contribution is 5.65. The van der Waals surface area contributed by atoms with Gasteiger partial charge in [0.2, 0.25) is 0 Å². The van der Waals surface area contributed by atoms with Crippen LogP contribution in [0.25, 0.3) is 11.1 Å². The summed E-state index contributed by atoms with van der Waals surface area (Å²) in [6, 6.07) is 17.8. The van der Waals surface area contributed by atoms with Gasteiger partial charge in [0.25, 0.3) is 0 Å². The topological polar surface area (TPSA) is 3.24 Å². The van der Waals surface area contributed by atoms with Crippen molar-refractivity contribution in [1.29, 1.82) is 0 Å². The normalized spacial score (nSPS) is 15.4. The van der Waals surface area contributed by atoms with Gasteiger partial charge in [-0.1, -0.05) is 87.9 Å². The summed E-state index contributed by atoms with van der Waals surface area (Å²) in [6.45, 7) is 12.3. The Balaban J connectivity index is 0.000000730. The lowest BCUT2D eigenvalue weighted by Crippen LogP contribution is -2.19. The fourth-order valence-electron chi connectivity index (χ4n) is 2.90. The van der Waals surface area contributed by atoms with E-state index in [0.29, 0.717) is 6.04 Å². The minimum Gasteiger partial charge on any atom is -0.370 e. The largest absolute Gasteiger partial charge is 0.370 e. The predicted octanol–water partition coefficient (Wildman–Crippen LogP) is 7.16. The SMILES string of the molecule is CC.CC.CC1=CN(C)C(c2cccc(-c3cccc(C)c3)c2)C=C1. The van der Waals surface area contributed by atoms with Gasteiger partial charge in [0.15, 0.2) is 0 Å². The first-order valence-corrected chi connectivity index (χ1v) is 9.39. The third kappa shape index (κ3) is 5.63. The minimum atomic E-state index is 0.318. The average Bonchev–Trinajstić information content (AvgIpc) is 2.65. The van der Waals surface area contributed by atoms with Crippen molar-refractivity contribution >= 4 is 0 Å². The molecule has 0 spiro atoms. The summed E-state index contributed by atoms with van der Waals surface area (Å²) >= 11 is 0. The van der Waals surface area contributed by atoms with E-state index in [9.17, 15) is 0 Å². The van der Waals surface area contributed by atoms with E-state index in [4.69, 9.17) is 0 Å². The van der Waals surface area contributed by atoms with Gasteiger partial charge in [0, 0.05) is 13.2 Å². The van der Waals surface area contributed by atoms with Crippen LogP contribution in [0, 0.1) is 6.92 Å². The third-order valence-electron chi connectivity index (χ3n) is 3.97. The molecule has 0 fully saturated rings. The molecule has 1 atom stereocenters. The second-order valence-corrected chi connectivity index (χ2v) is 5.84. The summed E-state index contributed by atoms with van der Waals surface area (Å²) in [6.07, 6.45) is 6.67. The van der Waals surface area contributed by atoms with E-state index in [2.05, 4.69) is 92.7 Å². The van der Waals surface area contributed by atoms with Gasteiger partial charge in [-0.15, -0.1) is 0 Å². The maximum absolute atomic E-state index is 2.30. The van der Waals surface area contributed by atoms with Crippen LogP contribution in [0.4, 0.5) is 0 Å². The second-order valence-electron chi connectivity index (χ2n) is 5.84. The van der Waals surface area contributed by atoms with Crippen LogP contribution >= 0.6 is 0 Å². The van der Waals surface area contributed by atoms with Crippen molar-refractivity contribution in [2.75, 3.05) is 7.05 Å². The Morgan fingerprint density at radius 2 is 1.40 bits per heavy atom. The molecule has 2 aromatic rings. The zero-order chi connectivity index (χ0) is 18.8. The molecule has 0 saturated carbocycles. The van der Waals surface area contributed by atoms with Gasteiger partial charge in [0.05, 0.1) is 6.04 Å². The van der Waals surface area contributed by atoms with E-state index >= 15 is 0 Å². The quantitative estimate of drug-likeness (QED) is 0.562. The summed E-state index contributed by atoms with van der Waals surface area (Å²) in [4.78, 5) is 2.27. The summed E-state index contributed by atoms with van der Waals surface area (Å²) in [5.74, 6) is 0. The van der Waals surface area contributed by atoms with E-state index < -0.39 is 0 Å². The Hall–Kier alpha value is -2.28. The number of nitrogens with zero attached hydrogens (tertiary/aromatic N) is 1. The molecule has 1 aliphatic heterocycles. The number of hydrogen-bond acceptors (Lipinski definition) is 1.